The fraction of sp³-hybridized carbons (Fsp3) is 0.0833. The second-order valence-corrected chi connectivity index (χ2v) is 3.32. The van der Waals surface area contributed by atoms with E-state index in [4.69, 9.17) is 16.3 Å². The summed E-state index contributed by atoms with van der Waals surface area (Å²) < 4.78 is 0. The average Bonchev–Trinajstić information content (AvgIpc) is 2.31. The number of aryl methyl sites for hydroxylation is 1. The Kier molecular flexibility index (Phi) is 3.86. The predicted octanol–water partition coefficient (Wildman–Crippen LogP) is 1.44. The lowest BCUT2D eigenvalue weighted by Gasteiger charge is -2.06. The quantitative estimate of drug-likeness (QED) is 0.761. The number of nitrogens with two attached hydrogens (primary N) is 1. The lowest BCUT2D eigenvalue weighted by Crippen LogP contribution is -2.11. The van der Waals surface area contributed by atoms with E-state index in [0.29, 0.717) is 11.3 Å². The SMILES string of the molecule is Cc1cc(C(N)=O)ccc1NC=C(C#N)C#N. The summed E-state index contributed by atoms with van der Waals surface area (Å²) in [5, 5.41) is 19.9. The van der Waals surface area contributed by atoms with E-state index in [2.05, 4.69) is 5.32 Å². The maximum atomic E-state index is 10.9. The molecule has 1 amide bonds. The molecule has 5 nitrogen and oxygen atoms in total. The molecule has 1 aromatic rings. The number of anilines is 1. The maximum Gasteiger partial charge on any atom is 0.248 e. The van der Waals surface area contributed by atoms with Crippen LogP contribution in [0, 0.1) is 29.6 Å². The Labute approximate surface area is 98.8 Å². The molecule has 0 aliphatic heterocycles. The van der Waals surface area contributed by atoms with Gasteiger partial charge in [0.05, 0.1) is 0 Å². The first-order valence-electron chi connectivity index (χ1n) is 4.76. The van der Waals surface area contributed by atoms with Gasteiger partial charge in [0.15, 0.2) is 0 Å². The lowest BCUT2D eigenvalue weighted by molar-refractivity contribution is 0.1000. The van der Waals surface area contributed by atoms with Crippen LogP contribution in [0.1, 0.15) is 15.9 Å². The minimum absolute atomic E-state index is 0.0247. The average molecular weight is 226 g/mol. The Morgan fingerprint density at radius 2 is 2.06 bits per heavy atom. The van der Waals surface area contributed by atoms with E-state index in [9.17, 15) is 4.79 Å². The van der Waals surface area contributed by atoms with Crippen molar-refractivity contribution < 1.29 is 4.79 Å². The summed E-state index contributed by atoms with van der Waals surface area (Å²) in [7, 11) is 0. The molecule has 0 aliphatic carbocycles. The molecule has 84 valence electrons. The number of hydrogen-bond acceptors (Lipinski definition) is 4. The molecule has 5 heteroatoms. The van der Waals surface area contributed by atoms with Crippen molar-refractivity contribution in [2.75, 3.05) is 5.32 Å². The Hall–Kier alpha value is -2.79. The van der Waals surface area contributed by atoms with Crippen LogP contribution in [0.3, 0.4) is 0 Å². The maximum absolute atomic E-state index is 10.9. The van der Waals surface area contributed by atoms with Gasteiger partial charge in [0.2, 0.25) is 5.91 Å². The minimum Gasteiger partial charge on any atom is -0.366 e. The van der Waals surface area contributed by atoms with Gasteiger partial charge in [0.1, 0.15) is 17.7 Å². The smallest absolute Gasteiger partial charge is 0.248 e. The highest BCUT2D eigenvalue weighted by atomic mass is 16.1. The summed E-state index contributed by atoms with van der Waals surface area (Å²) >= 11 is 0. The highest BCUT2D eigenvalue weighted by Crippen LogP contribution is 2.16. The normalized spacial score (nSPS) is 8.65. The molecular weight excluding hydrogens is 216 g/mol. The van der Waals surface area contributed by atoms with Gasteiger partial charge in [-0.2, -0.15) is 10.5 Å². The lowest BCUT2D eigenvalue weighted by atomic mass is 10.1. The van der Waals surface area contributed by atoms with Crippen molar-refractivity contribution in [3.8, 4) is 12.1 Å². The first kappa shape index (κ1) is 12.3. The molecule has 1 aromatic carbocycles. The van der Waals surface area contributed by atoms with Crippen molar-refractivity contribution in [2.45, 2.75) is 6.92 Å². The van der Waals surface area contributed by atoms with E-state index in [1.165, 1.54) is 6.20 Å². The number of carbonyl (C=O) groups is 1. The fourth-order valence-corrected chi connectivity index (χ4v) is 1.22. The van der Waals surface area contributed by atoms with Crippen molar-refractivity contribution in [1.82, 2.24) is 0 Å². The van der Waals surface area contributed by atoms with Gasteiger partial charge in [0, 0.05) is 17.5 Å². The largest absolute Gasteiger partial charge is 0.366 e. The van der Waals surface area contributed by atoms with Crippen LogP contribution in [-0.2, 0) is 0 Å². The van der Waals surface area contributed by atoms with Gasteiger partial charge in [-0.3, -0.25) is 4.79 Å². The van der Waals surface area contributed by atoms with Gasteiger partial charge in [-0.25, -0.2) is 0 Å². The van der Waals surface area contributed by atoms with Crippen LogP contribution in [0.25, 0.3) is 0 Å². The van der Waals surface area contributed by atoms with Crippen LogP contribution in [-0.4, -0.2) is 5.91 Å². The number of hydrogen-bond donors (Lipinski definition) is 2. The number of allylic oxidation sites excluding steroid dienone is 1. The first-order chi connectivity index (χ1) is 8.08. The number of benzene rings is 1. The van der Waals surface area contributed by atoms with Crippen LogP contribution >= 0.6 is 0 Å². The van der Waals surface area contributed by atoms with Crippen molar-refractivity contribution in [3.63, 3.8) is 0 Å². The number of amides is 1. The van der Waals surface area contributed by atoms with E-state index in [0.717, 1.165) is 5.56 Å². The first-order valence-corrected chi connectivity index (χ1v) is 4.76. The summed E-state index contributed by atoms with van der Waals surface area (Å²) in [4.78, 5) is 10.9. The molecule has 0 aliphatic rings. The van der Waals surface area contributed by atoms with Crippen molar-refractivity contribution in [1.29, 1.82) is 10.5 Å². The van der Waals surface area contributed by atoms with Gasteiger partial charge in [-0.15, -0.1) is 0 Å². The second kappa shape index (κ2) is 5.34. The Morgan fingerprint density at radius 1 is 1.41 bits per heavy atom. The van der Waals surface area contributed by atoms with Crippen LogP contribution in [0.15, 0.2) is 30.0 Å². The number of nitrogens with one attached hydrogen (secondary N) is 1. The monoisotopic (exact) mass is 226 g/mol. The Balaban J connectivity index is 2.96. The molecule has 0 unspecified atom stereocenters. The summed E-state index contributed by atoms with van der Waals surface area (Å²) in [6.07, 6.45) is 1.31. The van der Waals surface area contributed by atoms with Crippen molar-refractivity contribution in [3.05, 3.63) is 41.1 Å². The molecule has 0 atom stereocenters. The standard InChI is InChI=1S/C12H10N4O/c1-8-4-10(12(15)17)2-3-11(8)16-7-9(5-13)6-14/h2-4,7,16H,1H3,(H2,15,17). The fourth-order valence-electron chi connectivity index (χ4n) is 1.22. The summed E-state index contributed by atoms with van der Waals surface area (Å²) in [6, 6.07) is 8.34. The van der Waals surface area contributed by atoms with Crippen molar-refractivity contribution in [2.24, 2.45) is 5.73 Å². The molecule has 17 heavy (non-hydrogen) atoms. The van der Waals surface area contributed by atoms with Gasteiger partial charge in [-0.1, -0.05) is 0 Å². The number of primary amides is 1. The van der Waals surface area contributed by atoms with E-state index in [-0.39, 0.29) is 5.57 Å². The van der Waals surface area contributed by atoms with Crippen LogP contribution in [0.5, 0.6) is 0 Å². The van der Waals surface area contributed by atoms with Gasteiger partial charge < -0.3 is 11.1 Å². The van der Waals surface area contributed by atoms with Crippen LogP contribution < -0.4 is 11.1 Å². The Bertz CT molecular complexity index is 545. The number of nitrogens with zero attached hydrogens (tertiary/aromatic N) is 2. The Morgan fingerprint density at radius 3 is 2.53 bits per heavy atom. The predicted molar refractivity (Wildman–Crippen MR) is 62.6 cm³/mol. The van der Waals surface area contributed by atoms with Crippen LogP contribution in [0.4, 0.5) is 5.69 Å². The molecular formula is C12H10N4O. The summed E-state index contributed by atoms with van der Waals surface area (Å²) in [5.74, 6) is -0.495. The zero-order valence-corrected chi connectivity index (χ0v) is 9.19. The van der Waals surface area contributed by atoms with Crippen molar-refractivity contribution >= 4 is 11.6 Å². The molecule has 0 aromatic heterocycles. The molecule has 0 fully saturated rings. The van der Waals surface area contributed by atoms with Gasteiger partial charge in [0.25, 0.3) is 0 Å². The van der Waals surface area contributed by atoms with Gasteiger partial charge in [-0.05, 0) is 30.7 Å². The third-order valence-electron chi connectivity index (χ3n) is 2.12. The molecule has 1 rings (SSSR count). The summed E-state index contributed by atoms with van der Waals surface area (Å²) in [5.41, 5.74) is 7.04. The number of nitriles is 2. The molecule has 0 spiro atoms. The zero-order chi connectivity index (χ0) is 12.8. The molecule has 0 radical (unpaired) electrons. The molecule has 0 saturated heterocycles. The number of rotatable bonds is 3. The van der Waals surface area contributed by atoms with E-state index in [1.807, 2.05) is 0 Å². The second-order valence-electron chi connectivity index (χ2n) is 3.32. The molecule has 0 saturated carbocycles. The van der Waals surface area contributed by atoms with Crippen LogP contribution in [0.2, 0.25) is 0 Å². The molecule has 3 N–H and O–H groups in total. The summed E-state index contributed by atoms with van der Waals surface area (Å²) in [6.45, 7) is 1.79. The third-order valence-corrected chi connectivity index (χ3v) is 2.12. The topological polar surface area (TPSA) is 103 Å². The highest BCUT2D eigenvalue weighted by molar-refractivity contribution is 5.93. The van der Waals surface area contributed by atoms with E-state index >= 15 is 0 Å². The third kappa shape index (κ3) is 3.08. The van der Waals surface area contributed by atoms with Gasteiger partial charge >= 0.3 is 0 Å². The van der Waals surface area contributed by atoms with E-state index < -0.39 is 5.91 Å². The molecule has 0 bridgehead atoms. The zero-order valence-electron chi connectivity index (χ0n) is 9.19. The molecule has 0 heterocycles. The van der Waals surface area contributed by atoms with E-state index in [1.54, 1.807) is 37.3 Å². The minimum atomic E-state index is -0.495. The highest BCUT2D eigenvalue weighted by Gasteiger charge is 2.03. The number of carbonyl (C=O) groups excluding carboxylic acids is 1.